The van der Waals surface area contributed by atoms with E-state index in [1.54, 1.807) is 17.3 Å². The van der Waals surface area contributed by atoms with Gasteiger partial charge in [0.25, 0.3) is 0 Å². The number of hydrogen-bond donors (Lipinski definition) is 0. The molecule has 0 bridgehead atoms. The van der Waals surface area contributed by atoms with Gasteiger partial charge in [0.2, 0.25) is 0 Å². The van der Waals surface area contributed by atoms with Crippen LogP contribution in [0.25, 0.3) is 0 Å². The highest BCUT2D eigenvalue weighted by Crippen LogP contribution is 2.52. The maximum Gasteiger partial charge on any atom is 0.165 e. The van der Waals surface area contributed by atoms with E-state index in [-0.39, 0.29) is 0 Å². The largest absolute Gasteiger partial charge is 0.233 e. The third kappa shape index (κ3) is 3.28. The number of hydrogen-bond acceptors (Lipinski definition) is 4. The average Bonchev–Trinajstić information content (AvgIpc) is 3.21. The molecule has 4 aromatic rings. The fraction of sp³-hybridized carbons (Fsp3) is 0.0435. The Kier molecular flexibility index (Phi) is 5.06. The Hall–Kier alpha value is -2.87. The van der Waals surface area contributed by atoms with Gasteiger partial charge >= 0.3 is 0 Å². The second kappa shape index (κ2) is 7.79. The van der Waals surface area contributed by atoms with Crippen LogP contribution >= 0.6 is 23.1 Å². The molecule has 4 heteroatoms. The first-order chi connectivity index (χ1) is 13.3. The van der Waals surface area contributed by atoms with Crippen LogP contribution in [-0.4, -0.2) is 4.98 Å². The van der Waals surface area contributed by atoms with Gasteiger partial charge in [-0.25, -0.2) is 4.98 Å². The van der Waals surface area contributed by atoms with Crippen LogP contribution in [0.2, 0.25) is 0 Å². The second-order valence-corrected chi connectivity index (χ2v) is 8.32. The Morgan fingerprint density at radius 1 is 0.741 bits per heavy atom. The lowest BCUT2D eigenvalue weighted by Crippen LogP contribution is -2.25. The molecule has 1 heterocycles. The number of aromatic nitrogens is 1. The summed E-state index contributed by atoms with van der Waals surface area (Å²) in [4.78, 5) is 4.24. The summed E-state index contributed by atoms with van der Waals surface area (Å²) in [7, 11) is 0. The quantitative estimate of drug-likeness (QED) is 0.308. The predicted molar refractivity (Wildman–Crippen MR) is 112 cm³/mol. The minimum atomic E-state index is -0.470. The molecule has 0 N–H and O–H groups in total. The number of benzene rings is 3. The van der Waals surface area contributed by atoms with Crippen molar-refractivity contribution in [2.24, 2.45) is 0 Å². The monoisotopic (exact) mass is 384 g/mol. The molecule has 0 spiro atoms. The van der Waals surface area contributed by atoms with Crippen LogP contribution in [-0.2, 0) is 4.75 Å². The minimum absolute atomic E-state index is 0.470. The number of thioether (sulfide) groups is 1. The highest BCUT2D eigenvalue weighted by molar-refractivity contribution is 8.02. The normalized spacial score (nSPS) is 11.1. The van der Waals surface area contributed by atoms with Gasteiger partial charge in [-0.3, -0.25) is 0 Å². The average molecular weight is 385 g/mol. The molecule has 0 radical (unpaired) electrons. The molecule has 0 amide bonds. The van der Waals surface area contributed by atoms with Crippen LogP contribution in [0.1, 0.15) is 22.4 Å². The number of thiazole rings is 1. The summed E-state index contributed by atoms with van der Waals surface area (Å²) in [5.74, 6) is 0. The molecule has 130 valence electrons. The van der Waals surface area contributed by atoms with E-state index < -0.39 is 4.75 Å². The first kappa shape index (κ1) is 17.5. The first-order valence-corrected chi connectivity index (χ1v) is 10.2. The lowest BCUT2D eigenvalue weighted by atomic mass is 9.84. The van der Waals surface area contributed by atoms with Crippen LogP contribution < -0.4 is 0 Å². The van der Waals surface area contributed by atoms with Crippen molar-refractivity contribution in [3.05, 3.63) is 119 Å². The molecule has 3 aromatic carbocycles. The van der Waals surface area contributed by atoms with Crippen molar-refractivity contribution >= 4 is 23.1 Å². The highest BCUT2D eigenvalue weighted by Gasteiger charge is 2.38. The van der Waals surface area contributed by atoms with Crippen LogP contribution in [0.3, 0.4) is 0 Å². The third-order valence-corrected chi connectivity index (χ3v) is 6.98. The van der Waals surface area contributed by atoms with Gasteiger partial charge in [0, 0.05) is 0 Å². The van der Waals surface area contributed by atoms with E-state index in [0.717, 1.165) is 4.21 Å². The predicted octanol–water partition coefficient (Wildman–Crippen LogP) is 6.10. The molecule has 27 heavy (non-hydrogen) atoms. The van der Waals surface area contributed by atoms with Gasteiger partial charge in [0.05, 0.1) is 14.5 Å². The van der Waals surface area contributed by atoms with E-state index in [9.17, 15) is 5.26 Å². The zero-order chi connectivity index (χ0) is 18.5. The van der Waals surface area contributed by atoms with Crippen molar-refractivity contribution in [2.45, 2.75) is 8.96 Å². The smallest absolute Gasteiger partial charge is 0.165 e. The van der Waals surface area contributed by atoms with E-state index in [0.29, 0.717) is 5.69 Å². The SMILES string of the molecule is N#Cc1ncsc1SC(c1ccccc1)(c1ccccc1)c1ccccc1. The molecule has 0 saturated heterocycles. The zero-order valence-corrected chi connectivity index (χ0v) is 16.1. The molecule has 0 saturated carbocycles. The number of rotatable bonds is 5. The summed E-state index contributed by atoms with van der Waals surface area (Å²) >= 11 is 3.20. The molecule has 4 rings (SSSR count). The van der Waals surface area contributed by atoms with Gasteiger partial charge in [-0.15, -0.1) is 11.3 Å². The Labute approximate surface area is 167 Å². The van der Waals surface area contributed by atoms with Crippen molar-refractivity contribution in [3.8, 4) is 6.07 Å². The van der Waals surface area contributed by atoms with Crippen LogP contribution in [0, 0.1) is 11.3 Å². The van der Waals surface area contributed by atoms with E-state index >= 15 is 0 Å². The van der Waals surface area contributed by atoms with Crippen molar-refractivity contribution < 1.29 is 0 Å². The molecule has 0 fully saturated rings. The lowest BCUT2D eigenvalue weighted by molar-refractivity contribution is 0.895. The topological polar surface area (TPSA) is 36.7 Å². The summed E-state index contributed by atoms with van der Waals surface area (Å²) in [5, 5.41) is 9.50. The van der Waals surface area contributed by atoms with Gasteiger partial charge in [-0.1, -0.05) is 103 Å². The van der Waals surface area contributed by atoms with Crippen molar-refractivity contribution in [2.75, 3.05) is 0 Å². The van der Waals surface area contributed by atoms with Gasteiger partial charge < -0.3 is 0 Å². The van der Waals surface area contributed by atoms with Crippen molar-refractivity contribution in [3.63, 3.8) is 0 Å². The van der Waals surface area contributed by atoms with Gasteiger partial charge in [-0.2, -0.15) is 5.26 Å². The van der Waals surface area contributed by atoms with Crippen molar-refractivity contribution in [1.29, 1.82) is 5.26 Å². The maximum absolute atomic E-state index is 9.50. The molecular formula is C23H16N2S2. The molecule has 0 aliphatic heterocycles. The van der Waals surface area contributed by atoms with Crippen LogP contribution in [0.4, 0.5) is 0 Å². The minimum Gasteiger partial charge on any atom is -0.233 e. The Balaban J connectivity index is 2.02. The molecule has 0 aliphatic rings. The maximum atomic E-state index is 9.50. The third-order valence-electron chi connectivity index (χ3n) is 4.43. The summed E-state index contributed by atoms with van der Waals surface area (Å²) in [6.07, 6.45) is 0. The lowest BCUT2D eigenvalue weighted by Gasteiger charge is -2.35. The van der Waals surface area contributed by atoms with Gasteiger partial charge in [0.15, 0.2) is 5.69 Å². The molecule has 0 atom stereocenters. The second-order valence-electron chi connectivity index (χ2n) is 5.98. The molecular weight excluding hydrogens is 368 g/mol. The van der Waals surface area contributed by atoms with E-state index in [1.165, 1.54) is 28.0 Å². The van der Waals surface area contributed by atoms with Crippen molar-refractivity contribution in [1.82, 2.24) is 4.98 Å². The Bertz CT molecular complexity index is 955. The number of nitrogens with zero attached hydrogens (tertiary/aromatic N) is 2. The fourth-order valence-corrected chi connectivity index (χ4v) is 5.61. The fourth-order valence-electron chi connectivity index (χ4n) is 3.22. The van der Waals surface area contributed by atoms with E-state index in [4.69, 9.17) is 0 Å². The summed E-state index contributed by atoms with van der Waals surface area (Å²) in [6.45, 7) is 0. The molecule has 0 aliphatic carbocycles. The van der Waals surface area contributed by atoms with Gasteiger partial charge in [-0.05, 0) is 16.7 Å². The molecule has 0 unspecified atom stereocenters. The van der Waals surface area contributed by atoms with E-state index in [2.05, 4.69) is 83.8 Å². The van der Waals surface area contributed by atoms with Crippen LogP contribution in [0.5, 0.6) is 0 Å². The standard InChI is InChI=1S/C23H16N2S2/c24-16-21-22(26-17-25-21)27-23(18-10-4-1-5-11-18,19-12-6-2-7-13-19)20-14-8-3-9-15-20/h1-15,17H. The van der Waals surface area contributed by atoms with Crippen LogP contribution in [0.15, 0.2) is 101 Å². The highest BCUT2D eigenvalue weighted by atomic mass is 32.2. The Morgan fingerprint density at radius 3 is 1.59 bits per heavy atom. The first-order valence-electron chi connectivity index (χ1n) is 8.54. The molecule has 2 nitrogen and oxygen atoms in total. The summed E-state index contributed by atoms with van der Waals surface area (Å²) < 4.78 is 0.455. The number of nitriles is 1. The van der Waals surface area contributed by atoms with E-state index in [1.807, 2.05) is 18.2 Å². The summed E-state index contributed by atoms with van der Waals surface area (Å²) in [6, 6.07) is 33.6. The Morgan fingerprint density at radius 2 is 1.19 bits per heavy atom. The summed E-state index contributed by atoms with van der Waals surface area (Å²) in [5.41, 5.74) is 5.74. The molecule has 1 aromatic heterocycles. The van der Waals surface area contributed by atoms with Gasteiger partial charge in [0.1, 0.15) is 6.07 Å². The zero-order valence-electron chi connectivity index (χ0n) is 14.4.